The van der Waals surface area contributed by atoms with Crippen LogP contribution in [0.4, 0.5) is 19.0 Å². The van der Waals surface area contributed by atoms with E-state index in [0.29, 0.717) is 56.3 Å². The number of alkyl halides is 3. The van der Waals surface area contributed by atoms with Crippen LogP contribution in [-0.2, 0) is 16.6 Å². The Morgan fingerprint density at radius 2 is 1.94 bits per heavy atom. The molecule has 0 aromatic carbocycles. The second kappa shape index (κ2) is 9.10. The zero-order chi connectivity index (χ0) is 24.7. The largest absolute Gasteiger partial charge is 0.573 e. The van der Waals surface area contributed by atoms with Crippen molar-refractivity contribution in [3.8, 4) is 17.0 Å². The molecule has 0 atom stereocenters. The lowest BCUT2D eigenvalue weighted by atomic mass is 10.2. The number of piperazine rings is 1. The van der Waals surface area contributed by atoms with Gasteiger partial charge < -0.3 is 19.9 Å². The summed E-state index contributed by atoms with van der Waals surface area (Å²) in [5, 5.41) is 0. The van der Waals surface area contributed by atoms with E-state index in [2.05, 4.69) is 26.2 Å². The quantitative estimate of drug-likeness (QED) is 0.594. The number of sulfonamides is 1. The summed E-state index contributed by atoms with van der Waals surface area (Å²) in [6, 6.07) is 1.19. The standard InChI is InChI=1S/C21H27F3N6O3S/c1-14(28-7-9-30(10-8-28)34(2,31)32)5-6-29-13-17(27-20(29)15-3-4-15)16-11-18(19(25)26-12-16)33-21(22,23)24/h11-13,15H,1,3-10H2,2H3,(H2,25,26). The molecule has 2 fully saturated rings. The van der Waals surface area contributed by atoms with Crippen LogP contribution in [0.5, 0.6) is 5.75 Å². The van der Waals surface area contributed by atoms with Crippen molar-refractivity contribution in [3.05, 3.63) is 36.6 Å². The van der Waals surface area contributed by atoms with Gasteiger partial charge in [0, 0.05) is 68.7 Å². The van der Waals surface area contributed by atoms with Crippen molar-refractivity contribution in [2.24, 2.45) is 0 Å². The van der Waals surface area contributed by atoms with E-state index in [1.165, 1.54) is 22.8 Å². The molecule has 4 rings (SSSR count). The van der Waals surface area contributed by atoms with Gasteiger partial charge in [0.2, 0.25) is 10.0 Å². The van der Waals surface area contributed by atoms with Gasteiger partial charge in [0.1, 0.15) is 5.82 Å². The van der Waals surface area contributed by atoms with Gasteiger partial charge in [-0.1, -0.05) is 6.58 Å². The Morgan fingerprint density at radius 3 is 2.53 bits per heavy atom. The summed E-state index contributed by atoms with van der Waals surface area (Å²) in [7, 11) is -3.20. The number of aryl methyl sites for hydroxylation is 1. The molecule has 186 valence electrons. The van der Waals surface area contributed by atoms with Gasteiger partial charge in [0.25, 0.3) is 0 Å². The molecule has 9 nitrogen and oxygen atoms in total. The maximum absolute atomic E-state index is 12.7. The lowest BCUT2D eigenvalue weighted by Gasteiger charge is -2.35. The third-order valence-electron chi connectivity index (χ3n) is 5.95. The molecular weight excluding hydrogens is 473 g/mol. The van der Waals surface area contributed by atoms with Gasteiger partial charge in [-0.2, -0.15) is 4.31 Å². The smallest absolute Gasteiger partial charge is 0.402 e. The number of halogens is 3. The lowest BCUT2D eigenvalue weighted by molar-refractivity contribution is -0.274. The Balaban J connectivity index is 1.46. The normalized spacial score (nSPS) is 17.7. The van der Waals surface area contributed by atoms with Crippen molar-refractivity contribution in [1.29, 1.82) is 0 Å². The van der Waals surface area contributed by atoms with E-state index in [1.54, 1.807) is 6.20 Å². The number of nitrogens with two attached hydrogens (primary N) is 1. The average molecular weight is 501 g/mol. The Bertz CT molecular complexity index is 1170. The first-order valence-electron chi connectivity index (χ1n) is 10.9. The van der Waals surface area contributed by atoms with Crippen molar-refractivity contribution in [2.45, 2.75) is 38.1 Å². The van der Waals surface area contributed by atoms with Gasteiger partial charge in [-0.25, -0.2) is 18.4 Å². The van der Waals surface area contributed by atoms with Crippen LogP contribution in [0.25, 0.3) is 11.3 Å². The van der Waals surface area contributed by atoms with Crippen LogP contribution in [0.2, 0.25) is 0 Å². The van der Waals surface area contributed by atoms with Crippen LogP contribution in [0.3, 0.4) is 0 Å². The number of anilines is 1. The number of hydrogen-bond acceptors (Lipinski definition) is 7. The number of aromatic nitrogens is 3. The molecular formula is C21H27F3N6O3S. The molecule has 0 spiro atoms. The zero-order valence-corrected chi connectivity index (χ0v) is 19.6. The summed E-state index contributed by atoms with van der Waals surface area (Å²) in [6.07, 6.45) is 2.16. The van der Waals surface area contributed by atoms with E-state index in [4.69, 9.17) is 5.73 Å². The van der Waals surface area contributed by atoms with Crippen LogP contribution in [0.15, 0.2) is 30.7 Å². The molecule has 1 saturated carbocycles. The molecule has 2 N–H and O–H groups in total. The molecule has 1 aliphatic carbocycles. The zero-order valence-electron chi connectivity index (χ0n) is 18.8. The summed E-state index contributed by atoms with van der Waals surface area (Å²) >= 11 is 0. The van der Waals surface area contributed by atoms with Crippen LogP contribution >= 0.6 is 0 Å². The summed E-state index contributed by atoms with van der Waals surface area (Å²) < 4.78 is 68.9. The van der Waals surface area contributed by atoms with E-state index >= 15 is 0 Å². The molecule has 0 unspecified atom stereocenters. The number of rotatable bonds is 8. The van der Waals surface area contributed by atoms with Crippen molar-refractivity contribution in [2.75, 3.05) is 38.2 Å². The van der Waals surface area contributed by atoms with E-state index in [-0.39, 0.29) is 5.82 Å². The molecule has 3 heterocycles. The monoisotopic (exact) mass is 500 g/mol. The maximum Gasteiger partial charge on any atom is 0.573 e. The van der Waals surface area contributed by atoms with Gasteiger partial charge in [0.15, 0.2) is 11.6 Å². The minimum atomic E-state index is -4.87. The Labute approximate surface area is 196 Å². The highest BCUT2D eigenvalue weighted by molar-refractivity contribution is 7.88. The van der Waals surface area contributed by atoms with E-state index in [1.807, 2.05) is 4.57 Å². The molecule has 0 amide bonds. The first-order chi connectivity index (χ1) is 15.9. The number of nitrogens with zero attached hydrogens (tertiary/aromatic N) is 5. The number of nitrogen functional groups attached to an aromatic ring is 1. The maximum atomic E-state index is 12.7. The number of imidazole rings is 1. The SMILES string of the molecule is C=C(CCn1cc(-c2cnc(N)c(OC(F)(F)F)c2)nc1C1CC1)N1CCN(S(C)(=O)=O)CC1. The molecule has 2 aromatic rings. The Morgan fingerprint density at radius 1 is 1.26 bits per heavy atom. The van der Waals surface area contributed by atoms with Crippen LogP contribution < -0.4 is 10.5 Å². The second-order valence-electron chi connectivity index (χ2n) is 8.57. The van der Waals surface area contributed by atoms with Gasteiger partial charge >= 0.3 is 6.36 Å². The number of hydrogen-bond donors (Lipinski definition) is 1. The molecule has 34 heavy (non-hydrogen) atoms. The fourth-order valence-corrected chi connectivity index (χ4v) is 4.79. The fourth-order valence-electron chi connectivity index (χ4n) is 3.96. The Hall–Kier alpha value is -2.80. The summed E-state index contributed by atoms with van der Waals surface area (Å²) in [5.41, 5.74) is 7.32. The fraction of sp³-hybridized carbons (Fsp3) is 0.524. The van der Waals surface area contributed by atoms with E-state index < -0.39 is 22.1 Å². The lowest BCUT2D eigenvalue weighted by Crippen LogP contribution is -2.47. The summed E-state index contributed by atoms with van der Waals surface area (Å²) in [4.78, 5) is 10.6. The summed E-state index contributed by atoms with van der Waals surface area (Å²) in [6.45, 7) is 6.77. The molecule has 2 aromatic heterocycles. The van der Waals surface area contributed by atoms with Crippen molar-refractivity contribution < 1.29 is 26.3 Å². The summed E-state index contributed by atoms with van der Waals surface area (Å²) in [5.74, 6) is 0.275. The molecule has 0 radical (unpaired) electrons. The van der Waals surface area contributed by atoms with Gasteiger partial charge in [-0.05, 0) is 18.9 Å². The predicted octanol–water partition coefficient (Wildman–Crippen LogP) is 2.78. The molecule has 2 aliphatic rings. The highest BCUT2D eigenvalue weighted by Crippen LogP contribution is 2.41. The topological polar surface area (TPSA) is 107 Å². The van der Waals surface area contributed by atoms with Crippen molar-refractivity contribution in [1.82, 2.24) is 23.7 Å². The number of pyridine rings is 1. The van der Waals surface area contributed by atoms with Crippen LogP contribution in [-0.4, -0.2) is 71.0 Å². The number of ether oxygens (including phenoxy) is 1. The van der Waals surface area contributed by atoms with Gasteiger partial charge in [-0.3, -0.25) is 0 Å². The van der Waals surface area contributed by atoms with E-state index in [0.717, 1.165) is 24.4 Å². The number of allylic oxidation sites excluding steroid dienone is 1. The minimum Gasteiger partial charge on any atom is -0.402 e. The average Bonchev–Trinajstić information content (AvgIpc) is 3.51. The van der Waals surface area contributed by atoms with Crippen molar-refractivity contribution in [3.63, 3.8) is 0 Å². The highest BCUT2D eigenvalue weighted by Gasteiger charge is 2.33. The first kappa shape index (κ1) is 24.3. The third-order valence-corrected chi connectivity index (χ3v) is 7.25. The molecule has 0 bridgehead atoms. The van der Waals surface area contributed by atoms with Crippen molar-refractivity contribution >= 4 is 15.8 Å². The first-order valence-corrected chi connectivity index (χ1v) is 12.7. The highest BCUT2D eigenvalue weighted by atomic mass is 32.2. The third kappa shape index (κ3) is 5.81. The second-order valence-corrected chi connectivity index (χ2v) is 10.6. The Kier molecular flexibility index (Phi) is 6.51. The van der Waals surface area contributed by atoms with Gasteiger partial charge in [-0.15, -0.1) is 13.2 Å². The minimum absolute atomic E-state index is 0.313. The molecule has 1 saturated heterocycles. The van der Waals surface area contributed by atoms with Crippen LogP contribution in [0.1, 0.15) is 31.0 Å². The van der Waals surface area contributed by atoms with Crippen LogP contribution in [0, 0.1) is 0 Å². The predicted molar refractivity (Wildman–Crippen MR) is 120 cm³/mol. The molecule has 13 heteroatoms. The van der Waals surface area contributed by atoms with Gasteiger partial charge in [0.05, 0.1) is 11.9 Å². The van der Waals surface area contributed by atoms with E-state index in [9.17, 15) is 21.6 Å². The molecule has 1 aliphatic heterocycles.